The van der Waals surface area contributed by atoms with Crippen LogP contribution in [0.5, 0.6) is 0 Å². The van der Waals surface area contributed by atoms with Gasteiger partial charge in [0.2, 0.25) is 0 Å². The van der Waals surface area contributed by atoms with Gasteiger partial charge in [-0.25, -0.2) is 9.36 Å². The maximum Gasteiger partial charge on any atom is 0.475 e. The molecule has 12 heteroatoms. The van der Waals surface area contributed by atoms with E-state index in [0.717, 1.165) is 0 Å². The molecule has 11 nitrogen and oxygen atoms in total. The molecule has 1 aromatic rings. The molecule has 0 amide bonds. The first-order valence-electron chi connectivity index (χ1n) is 9.44. The summed E-state index contributed by atoms with van der Waals surface area (Å²) in [6, 6.07) is 0. The predicted molar refractivity (Wildman–Crippen MR) is 99.4 cm³/mol. The van der Waals surface area contributed by atoms with Crippen molar-refractivity contribution in [1.82, 2.24) is 9.55 Å². The van der Waals surface area contributed by atoms with E-state index in [1.807, 2.05) is 0 Å². The fourth-order valence-electron chi connectivity index (χ4n) is 3.10. The molecule has 29 heavy (non-hydrogen) atoms. The molecule has 3 rings (SSSR count). The highest BCUT2D eigenvalue weighted by molar-refractivity contribution is 7.48. The molecule has 2 aliphatic heterocycles. The Morgan fingerprint density at radius 1 is 1.41 bits per heavy atom. The van der Waals surface area contributed by atoms with E-state index in [1.54, 1.807) is 20.8 Å². The highest BCUT2D eigenvalue weighted by atomic mass is 31.2. The van der Waals surface area contributed by atoms with Gasteiger partial charge in [0.25, 0.3) is 5.56 Å². The van der Waals surface area contributed by atoms with E-state index in [0.29, 0.717) is 12.0 Å². The Balaban J connectivity index is 1.58. The molecule has 0 radical (unpaired) electrons. The van der Waals surface area contributed by atoms with Crippen molar-refractivity contribution < 1.29 is 32.4 Å². The van der Waals surface area contributed by atoms with Gasteiger partial charge in [0.05, 0.1) is 25.7 Å². The van der Waals surface area contributed by atoms with E-state index in [-0.39, 0.29) is 32.2 Å². The zero-order chi connectivity index (χ0) is 21.2. The zero-order valence-electron chi connectivity index (χ0n) is 16.5. The molecule has 0 aliphatic carbocycles. The number of carbonyl (C=O) groups excluding carboxylic acids is 1. The van der Waals surface area contributed by atoms with Crippen LogP contribution in [0.3, 0.4) is 0 Å². The fraction of sp³-hybridized carbons (Fsp3) is 0.706. The van der Waals surface area contributed by atoms with Crippen LogP contribution in [0.15, 0.2) is 15.8 Å². The molecule has 2 fully saturated rings. The molecular weight excluding hydrogens is 407 g/mol. The lowest BCUT2D eigenvalue weighted by Gasteiger charge is -2.29. The van der Waals surface area contributed by atoms with Crippen LogP contribution in [0, 0.1) is 12.8 Å². The van der Waals surface area contributed by atoms with E-state index >= 15 is 0 Å². The van der Waals surface area contributed by atoms with Crippen LogP contribution in [0.1, 0.15) is 38.5 Å². The van der Waals surface area contributed by atoms with Gasteiger partial charge in [-0.2, -0.15) is 0 Å². The van der Waals surface area contributed by atoms with E-state index in [4.69, 9.17) is 23.0 Å². The number of aryl methyl sites for hydroxylation is 1. The topological polar surface area (TPSA) is 135 Å². The average molecular weight is 432 g/mol. The minimum atomic E-state index is -3.81. The Bertz CT molecular complexity index is 911. The van der Waals surface area contributed by atoms with Gasteiger partial charge in [-0.15, -0.1) is 0 Å². The van der Waals surface area contributed by atoms with Gasteiger partial charge < -0.3 is 9.47 Å². The first kappa shape index (κ1) is 21.9. The largest absolute Gasteiger partial charge is 0.475 e. The molecule has 0 spiro atoms. The summed E-state index contributed by atoms with van der Waals surface area (Å²) < 4.78 is 40.7. The SMILES string of the molecule is CCOC(=O)[C@@H](C)CCO[P@@]1(=O)OC[C@@H]2O[C@H](n3cc(C)c(=O)[nH]c3=O)C[C@H]2O1. The number of fused-ring (bicyclic) bond motifs is 1. The minimum absolute atomic E-state index is 0.00247. The second-order valence-corrected chi connectivity index (χ2v) is 8.63. The Kier molecular flexibility index (Phi) is 6.75. The zero-order valence-corrected chi connectivity index (χ0v) is 17.4. The smallest absolute Gasteiger partial charge is 0.466 e. The van der Waals surface area contributed by atoms with Crippen molar-refractivity contribution in [2.75, 3.05) is 19.8 Å². The second-order valence-electron chi connectivity index (χ2n) is 7.01. The van der Waals surface area contributed by atoms with Gasteiger partial charge in [-0.3, -0.25) is 32.7 Å². The van der Waals surface area contributed by atoms with Gasteiger partial charge in [-0.1, -0.05) is 6.92 Å². The van der Waals surface area contributed by atoms with Crippen LogP contribution in [-0.4, -0.2) is 47.5 Å². The third kappa shape index (κ3) is 5.04. The molecule has 0 unspecified atom stereocenters. The quantitative estimate of drug-likeness (QED) is 0.499. The molecule has 162 valence electrons. The van der Waals surface area contributed by atoms with Crippen molar-refractivity contribution in [3.05, 3.63) is 32.6 Å². The number of aromatic amines is 1. The first-order chi connectivity index (χ1) is 13.7. The maximum absolute atomic E-state index is 12.7. The molecule has 0 bridgehead atoms. The third-order valence-corrected chi connectivity index (χ3v) is 6.28. The summed E-state index contributed by atoms with van der Waals surface area (Å²) in [5.41, 5.74) is -0.696. The Morgan fingerprint density at radius 3 is 2.90 bits per heavy atom. The van der Waals surface area contributed by atoms with Crippen LogP contribution in [0.25, 0.3) is 0 Å². The first-order valence-corrected chi connectivity index (χ1v) is 10.9. The van der Waals surface area contributed by atoms with Gasteiger partial charge in [-0.05, 0) is 20.3 Å². The lowest BCUT2D eigenvalue weighted by molar-refractivity contribution is -0.147. The van der Waals surface area contributed by atoms with Crippen LogP contribution in [-0.2, 0) is 32.4 Å². The average Bonchev–Trinajstić information content (AvgIpc) is 3.07. The lowest BCUT2D eigenvalue weighted by atomic mass is 10.1. The minimum Gasteiger partial charge on any atom is -0.466 e. The van der Waals surface area contributed by atoms with E-state index < -0.39 is 43.4 Å². The van der Waals surface area contributed by atoms with E-state index in [1.165, 1.54) is 10.8 Å². The predicted octanol–water partition coefficient (Wildman–Crippen LogP) is 1.26. The molecule has 5 atom stereocenters. The monoisotopic (exact) mass is 432 g/mol. The highest BCUT2D eigenvalue weighted by Gasteiger charge is 2.48. The van der Waals surface area contributed by atoms with E-state index in [9.17, 15) is 18.9 Å². The number of ether oxygens (including phenoxy) is 2. The summed E-state index contributed by atoms with van der Waals surface area (Å²) in [5, 5.41) is 0. The summed E-state index contributed by atoms with van der Waals surface area (Å²) in [7, 11) is -3.81. The molecule has 0 aromatic carbocycles. The third-order valence-electron chi connectivity index (χ3n) is 4.79. The second kappa shape index (κ2) is 8.93. The Hall–Kier alpha value is -1.78. The van der Waals surface area contributed by atoms with Crippen molar-refractivity contribution >= 4 is 13.8 Å². The van der Waals surface area contributed by atoms with Gasteiger partial charge in [0.15, 0.2) is 0 Å². The summed E-state index contributed by atoms with van der Waals surface area (Å²) in [5.74, 6) is -0.762. The van der Waals surface area contributed by atoms with Crippen LogP contribution in [0.2, 0.25) is 0 Å². The van der Waals surface area contributed by atoms with Crippen LogP contribution in [0.4, 0.5) is 0 Å². The standard InChI is InChI=1S/C17H25N2O9P/c1-4-24-16(21)10(2)5-6-25-29(23)26-9-13-12(28-29)7-14(27-13)19-8-11(3)15(20)18-17(19)22/h8,10,12-14H,4-7,9H2,1-3H3,(H,18,20,22)/t10-,12+,13-,14-,29-/m0/s1. The Morgan fingerprint density at radius 2 is 2.17 bits per heavy atom. The normalized spacial score (nSPS) is 30.0. The molecule has 1 N–H and O–H groups in total. The molecule has 1 aromatic heterocycles. The number of H-pyrrole nitrogens is 1. The van der Waals surface area contributed by atoms with Gasteiger partial charge in [0.1, 0.15) is 18.4 Å². The van der Waals surface area contributed by atoms with Crippen molar-refractivity contribution in [3.63, 3.8) is 0 Å². The number of nitrogens with one attached hydrogen (secondary N) is 1. The number of hydrogen-bond donors (Lipinski definition) is 1. The van der Waals surface area contributed by atoms with Gasteiger partial charge in [0, 0.05) is 18.2 Å². The van der Waals surface area contributed by atoms with Crippen molar-refractivity contribution in [1.29, 1.82) is 0 Å². The van der Waals surface area contributed by atoms with Crippen molar-refractivity contribution in [2.45, 2.75) is 52.0 Å². The molecule has 2 saturated heterocycles. The summed E-state index contributed by atoms with van der Waals surface area (Å²) in [6.45, 7) is 5.25. The highest BCUT2D eigenvalue weighted by Crippen LogP contribution is 2.56. The number of esters is 1. The molecule has 3 heterocycles. The number of aromatic nitrogens is 2. The number of carbonyl (C=O) groups is 1. The van der Waals surface area contributed by atoms with Crippen molar-refractivity contribution in [2.24, 2.45) is 5.92 Å². The molecule has 2 aliphatic rings. The summed E-state index contributed by atoms with van der Waals surface area (Å²) in [6.07, 6.45) is 0.147. The molecule has 0 saturated carbocycles. The van der Waals surface area contributed by atoms with E-state index in [2.05, 4.69) is 4.98 Å². The van der Waals surface area contributed by atoms with Crippen molar-refractivity contribution in [3.8, 4) is 0 Å². The number of phosphoric ester groups is 1. The van der Waals surface area contributed by atoms with Crippen LogP contribution < -0.4 is 11.2 Å². The maximum atomic E-state index is 12.7. The number of phosphoric acid groups is 1. The summed E-state index contributed by atoms with van der Waals surface area (Å²) in [4.78, 5) is 37.4. The Labute approximate surface area is 166 Å². The molecular formula is C17H25N2O9P. The fourth-order valence-corrected chi connectivity index (χ4v) is 4.51. The van der Waals surface area contributed by atoms with Crippen LogP contribution >= 0.6 is 7.82 Å². The number of rotatable bonds is 7. The number of nitrogens with zero attached hydrogens (tertiary/aromatic N) is 1. The van der Waals surface area contributed by atoms with Gasteiger partial charge >= 0.3 is 19.5 Å². The summed E-state index contributed by atoms with van der Waals surface area (Å²) >= 11 is 0. The lowest BCUT2D eigenvalue weighted by Crippen LogP contribution is -2.34. The number of hydrogen-bond acceptors (Lipinski definition) is 9.